The molecule has 0 saturated carbocycles. The SMILES string of the molecule is CCCCC/C=C\C/C=C\C/C=C\CCCCCCC(CC(=O)NC(CO)C(O)CCCCCCCCCCCCCC)OC(=O)CCCCCCCCCCCCCCCCCCCCC. The molecule has 394 valence electrons. The van der Waals surface area contributed by atoms with Crippen LogP contribution in [-0.2, 0) is 14.3 Å². The third kappa shape index (κ3) is 50.3. The van der Waals surface area contributed by atoms with Gasteiger partial charge in [-0.3, -0.25) is 9.59 Å². The van der Waals surface area contributed by atoms with Gasteiger partial charge in [-0.05, 0) is 64.2 Å². The number of hydrogen-bond donors (Lipinski definition) is 3. The minimum Gasteiger partial charge on any atom is -0.462 e. The first-order valence-electron chi connectivity index (χ1n) is 29.7. The Labute approximate surface area is 417 Å². The fourth-order valence-corrected chi connectivity index (χ4v) is 9.20. The summed E-state index contributed by atoms with van der Waals surface area (Å²) in [5, 5.41) is 23.9. The van der Waals surface area contributed by atoms with Gasteiger partial charge < -0.3 is 20.3 Å². The second-order valence-corrected chi connectivity index (χ2v) is 20.4. The summed E-state index contributed by atoms with van der Waals surface area (Å²) in [7, 11) is 0. The lowest BCUT2D eigenvalue weighted by molar-refractivity contribution is -0.151. The van der Waals surface area contributed by atoms with E-state index in [2.05, 4.69) is 62.5 Å². The maximum Gasteiger partial charge on any atom is 0.306 e. The van der Waals surface area contributed by atoms with Gasteiger partial charge >= 0.3 is 5.97 Å². The van der Waals surface area contributed by atoms with Gasteiger partial charge in [0, 0.05) is 6.42 Å². The van der Waals surface area contributed by atoms with Crippen LogP contribution < -0.4 is 5.32 Å². The van der Waals surface area contributed by atoms with Crippen molar-refractivity contribution in [3.8, 4) is 0 Å². The Bertz CT molecular complexity index is 1100. The lowest BCUT2D eigenvalue weighted by Gasteiger charge is -2.24. The van der Waals surface area contributed by atoms with E-state index < -0.39 is 18.2 Å². The normalized spacial score (nSPS) is 13.3. The molecule has 0 radical (unpaired) electrons. The van der Waals surface area contributed by atoms with Gasteiger partial charge in [-0.1, -0.05) is 276 Å². The number of aliphatic hydroxyl groups is 2. The van der Waals surface area contributed by atoms with E-state index in [0.29, 0.717) is 19.3 Å². The number of aliphatic hydroxyl groups excluding tert-OH is 2. The van der Waals surface area contributed by atoms with Crippen molar-refractivity contribution in [1.82, 2.24) is 5.32 Å². The number of unbranched alkanes of at least 4 members (excludes halogenated alkanes) is 36. The molecule has 3 N–H and O–H groups in total. The summed E-state index contributed by atoms with van der Waals surface area (Å²) in [6.07, 6.45) is 66.4. The van der Waals surface area contributed by atoms with Gasteiger partial charge in [0.2, 0.25) is 5.91 Å². The van der Waals surface area contributed by atoms with Crippen molar-refractivity contribution in [2.75, 3.05) is 6.61 Å². The van der Waals surface area contributed by atoms with Gasteiger partial charge in [-0.15, -0.1) is 0 Å². The van der Waals surface area contributed by atoms with Crippen LogP contribution in [0.15, 0.2) is 36.5 Å². The third-order valence-corrected chi connectivity index (χ3v) is 13.7. The molecular weight excluding hydrogens is 827 g/mol. The summed E-state index contributed by atoms with van der Waals surface area (Å²) >= 11 is 0. The lowest BCUT2D eigenvalue weighted by atomic mass is 10.0. The lowest BCUT2D eigenvalue weighted by Crippen LogP contribution is -2.46. The summed E-state index contributed by atoms with van der Waals surface area (Å²) in [5.41, 5.74) is 0. The molecule has 0 aliphatic heterocycles. The maximum absolute atomic E-state index is 13.3. The summed E-state index contributed by atoms with van der Waals surface area (Å²) < 4.78 is 5.96. The molecular formula is C61H115NO5. The number of allylic oxidation sites excluding steroid dienone is 6. The number of hydrogen-bond acceptors (Lipinski definition) is 5. The highest BCUT2D eigenvalue weighted by molar-refractivity contribution is 5.77. The molecule has 0 aromatic carbocycles. The zero-order valence-electron chi connectivity index (χ0n) is 45.0. The minimum atomic E-state index is -0.792. The molecule has 0 spiro atoms. The maximum atomic E-state index is 13.3. The molecule has 6 heteroatoms. The highest BCUT2D eigenvalue weighted by atomic mass is 16.5. The number of rotatable bonds is 54. The number of nitrogens with one attached hydrogen (secondary N) is 1. The first-order valence-corrected chi connectivity index (χ1v) is 29.7. The van der Waals surface area contributed by atoms with Gasteiger partial charge in [0.25, 0.3) is 0 Å². The van der Waals surface area contributed by atoms with E-state index in [0.717, 1.165) is 83.5 Å². The van der Waals surface area contributed by atoms with Crippen molar-refractivity contribution in [1.29, 1.82) is 0 Å². The average molecular weight is 943 g/mol. The molecule has 0 aromatic heterocycles. The van der Waals surface area contributed by atoms with E-state index in [4.69, 9.17) is 4.74 Å². The van der Waals surface area contributed by atoms with Crippen LogP contribution in [0, 0.1) is 0 Å². The molecule has 0 bridgehead atoms. The zero-order chi connectivity index (χ0) is 48.8. The highest BCUT2D eigenvalue weighted by Crippen LogP contribution is 2.19. The molecule has 1 amide bonds. The fourth-order valence-electron chi connectivity index (χ4n) is 9.20. The smallest absolute Gasteiger partial charge is 0.306 e. The predicted octanol–water partition coefficient (Wildman–Crippen LogP) is 18.4. The molecule has 6 nitrogen and oxygen atoms in total. The van der Waals surface area contributed by atoms with E-state index in [-0.39, 0.29) is 24.9 Å². The Morgan fingerprint density at radius 3 is 1.18 bits per heavy atom. The molecule has 3 atom stereocenters. The van der Waals surface area contributed by atoms with E-state index in [9.17, 15) is 19.8 Å². The molecule has 0 aromatic rings. The highest BCUT2D eigenvalue weighted by Gasteiger charge is 2.24. The Morgan fingerprint density at radius 1 is 0.433 bits per heavy atom. The third-order valence-electron chi connectivity index (χ3n) is 13.7. The predicted molar refractivity (Wildman–Crippen MR) is 292 cm³/mol. The minimum absolute atomic E-state index is 0.0671. The van der Waals surface area contributed by atoms with Crippen LogP contribution in [0.25, 0.3) is 0 Å². The van der Waals surface area contributed by atoms with Crippen LogP contribution in [0.2, 0.25) is 0 Å². The summed E-state index contributed by atoms with van der Waals surface area (Å²) in [5.74, 6) is -0.478. The Morgan fingerprint density at radius 2 is 0.761 bits per heavy atom. The van der Waals surface area contributed by atoms with E-state index in [1.165, 1.54) is 186 Å². The van der Waals surface area contributed by atoms with Crippen molar-refractivity contribution in [2.45, 2.75) is 334 Å². The van der Waals surface area contributed by atoms with Crippen LogP contribution in [0.5, 0.6) is 0 Å². The number of carbonyl (C=O) groups excluding carboxylic acids is 2. The van der Waals surface area contributed by atoms with Crippen molar-refractivity contribution >= 4 is 11.9 Å². The van der Waals surface area contributed by atoms with Gasteiger partial charge in [0.1, 0.15) is 6.10 Å². The second kappa shape index (κ2) is 55.0. The van der Waals surface area contributed by atoms with Gasteiger partial charge in [0.15, 0.2) is 0 Å². The number of amides is 1. The van der Waals surface area contributed by atoms with Crippen LogP contribution >= 0.6 is 0 Å². The van der Waals surface area contributed by atoms with Crippen molar-refractivity contribution in [2.24, 2.45) is 0 Å². The molecule has 0 aliphatic rings. The Hall–Kier alpha value is -1.92. The van der Waals surface area contributed by atoms with E-state index in [1.807, 2.05) is 0 Å². The number of esters is 1. The van der Waals surface area contributed by atoms with Crippen LogP contribution in [0.3, 0.4) is 0 Å². The molecule has 67 heavy (non-hydrogen) atoms. The molecule has 0 fully saturated rings. The first-order chi connectivity index (χ1) is 33.0. The molecule has 0 saturated heterocycles. The van der Waals surface area contributed by atoms with Crippen molar-refractivity contribution in [3.05, 3.63) is 36.5 Å². The molecule has 0 aliphatic carbocycles. The monoisotopic (exact) mass is 942 g/mol. The standard InChI is InChI=1S/C61H115NO5/c1-4-7-10-13-16-19-22-25-27-29-30-32-34-36-39-42-45-48-51-54-61(66)67-57(52-49-46-43-40-37-35-33-31-28-26-23-20-17-14-11-8-5-2)55-60(65)62-58(56-63)59(64)53-50-47-44-41-38-24-21-18-15-12-9-6-3/h17,20,26,28,33,35,57-59,63-64H,4-16,18-19,21-25,27,29-32,34,36-56H2,1-3H3,(H,62,65)/b20-17-,28-26-,35-33-. The van der Waals surface area contributed by atoms with Crippen LogP contribution in [0.1, 0.15) is 316 Å². The molecule has 3 unspecified atom stereocenters. The first kappa shape index (κ1) is 65.1. The Kier molecular flexibility index (Phi) is 53.4. The van der Waals surface area contributed by atoms with Crippen molar-refractivity contribution < 1.29 is 24.5 Å². The van der Waals surface area contributed by atoms with Crippen LogP contribution in [0.4, 0.5) is 0 Å². The summed E-state index contributed by atoms with van der Waals surface area (Å²) in [4.78, 5) is 26.3. The topological polar surface area (TPSA) is 95.9 Å². The van der Waals surface area contributed by atoms with E-state index >= 15 is 0 Å². The zero-order valence-corrected chi connectivity index (χ0v) is 45.0. The summed E-state index contributed by atoms with van der Waals surface area (Å²) in [6.45, 7) is 6.48. The van der Waals surface area contributed by atoms with Crippen molar-refractivity contribution in [3.63, 3.8) is 0 Å². The summed E-state index contributed by atoms with van der Waals surface area (Å²) in [6, 6.07) is -0.707. The molecule has 0 rings (SSSR count). The van der Waals surface area contributed by atoms with E-state index in [1.54, 1.807) is 0 Å². The second-order valence-electron chi connectivity index (χ2n) is 20.4. The number of carbonyl (C=O) groups is 2. The quantitative estimate of drug-likeness (QED) is 0.0321. The molecule has 0 heterocycles. The Balaban J connectivity index is 4.55. The van der Waals surface area contributed by atoms with Gasteiger partial charge in [0.05, 0.1) is 25.2 Å². The largest absolute Gasteiger partial charge is 0.462 e. The number of ether oxygens (including phenoxy) is 1. The fraction of sp³-hybridized carbons (Fsp3) is 0.869. The van der Waals surface area contributed by atoms with Gasteiger partial charge in [-0.25, -0.2) is 0 Å². The van der Waals surface area contributed by atoms with Gasteiger partial charge in [-0.2, -0.15) is 0 Å². The average Bonchev–Trinajstić information content (AvgIpc) is 3.32. The van der Waals surface area contributed by atoms with Crippen LogP contribution in [-0.4, -0.2) is 46.9 Å².